The standard InChI is InChI=1S/C10H14BrNOS/c11-7-4-5-14-10(7)6-12-8-2-1-3-9(8)13/h4-5,8-9,12-13H,1-3,6H2/t8-,9-/m0/s1. The average molecular weight is 276 g/mol. The van der Waals surface area contributed by atoms with Gasteiger partial charge in [0.2, 0.25) is 0 Å². The first-order valence-electron chi connectivity index (χ1n) is 4.90. The Kier molecular flexibility index (Phi) is 3.60. The predicted molar refractivity (Wildman–Crippen MR) is 62.5 cm³/mol. The Morgan fingerprint density at radius 3 is 3.00 bits per heavy atom. The van der Waals surface area contributed by atoms with E-state index in [9.17, 15) is 5.11 Å². The third-order valence-corrected chi connectivity index (χ3v) is 4.62. The molecule has 0 spiro atoms. The van der Waals surface area contributed by atoms with Crippen molar-refractivity contribution >= 4 is 27.3 Å². The van der Waals surface area contributed by atoms with Gasteiger partial charge in [-0.3, -0.25) is 0 Å². The molecular weight excluding hydrogens is 262 g/mol. The van der Waals surface area contributed by atoms with Crippen molar-refractivity contribution in [3.05, 3.63) is 20.8 Å². The van der Waals surface area contributed by atoms with Crippen LogP contribution in [0.15, 0.2) is 15.9 Å². The van der Waals surface area contributed by atoms with Gasteiger partial charge >= 0.3 is 0 Å². The number of nitrogens with one attached hydrogen (secondary N) is 1. The zero-order chi connectivity index (χ0) is 9.97. The van der Waals surface area contributed by atoms with Crippen LogP contribution >= 0.6 is 27.3 Å². The van der Waals surface area contributed by atoms with Gasteiger partial charge in [-0.05, 0) is 46.6 Å². The smallest absolute Gasteiger partial charge is 0.0693 e. The number of hydrogen-bond acceptors (Lipinski definition) is 3. The van der Waals surface area contributed by atoms with Gasteiger partial charge in [0.1, 0.15) is 0 Å². The van der Waals surface area contributed by atoms with Crippen LogP contribution in [-0.2, 0) is 6.54 Å². The van der Waals surface area contributed by atoms with Gasteiger partial charge in [0.15, 0.2) is 0 Å². The first kappa shape index (κ1) is 10.6. The highest BCUT2D eigenvalue weighted by molar-refractivity contribution is 9.10. The molecule has 0 amide bonds. The molecule has 0 aliphatic heterocycles. The van der Waals surface area contributed by atoms with Crippen LogP contribution in [0.4, 0.5) is 0 Å². The number of hydrogen-bond donors (Lipinski definition) is 2. The van der Waals surface area contributed by atoms with Crippen molar-refractivity contribution in [1.29, 1.82) is 0 Å². The van der Waals surface area contributed by atoms with Crippen molar-refractivity contribution in [2.75, 3.05) is 0 Å². The first-order chi connectivity index (χ1) is 6.77. The first-order valence-corrected chi connectivity index (χ1v) is 6.58. The molecule has 0 radical (unpaired) electrons. The third-order valence-electron chi connectivity index (χ3n) is 2.70. The number of rotatable bonds is 3. The molecule has 1 aromatic rings. The molecule has 14 heavy (non-hydrogen) atoms. The van der Waals surface area contributed by atoms with Crippen LogP contribution in [0.2, 0.25) is 0 Å². The van der Waals surface area contributed by atoms with Crippen LogP contribution in [0.1, 0.15) is 24.1 Å². The summed E-state index contributed by atoms with van der Waals surface area (Å²) in [7, 11) is 0. The van der Waals surface area contributed by atoms with E-state index in [2.05, 4.69) is 32.7 Å². The zero-order valence-electron chi connectivity index (χ0n) is 7.87. The Bertz CT molecular complexity index is 302. The molecule has 1 aliphatic rings. The van der Waals surface area contributed by atoms with E-state index in [1.165, 1.54) is 9.35 Å². The minimum absolute atomic E-state index is 0.145. The molecular formula is C10H14BrNOS. The van der Waals surface area contributed by atoms with Crippen molar-refractivity contribution in [1.82, 2.24) is 5.32 Å². The molecule has 2 nitrogen and oxygen atoms in total. The second-order valence-electron chi connectivity index (χ2n) is 3.68. The molecule has 1 aliphatic carbocycles. The van der Waals surface area contributed by atoms with Crippen molar-refractivity contribution in [3.63, 3.8) is 0 Å². The van der Waals surface area contributed by atoms with Gasteiger partial charge in [-0.15, -0.1) is 11.3 Å². The topological polar surface area (TPSA) is 32.3 Å². The van der Waals surface area contributed by atoms with Crippen LogP contribution in [0, 0.1) is 0 Å². The fourth-order valence-electron chi connectivity index (χ4n) is 1.85. The third kappa shape index (κ3) is 2.37. The summed E-state index contributed by atoms with van der Waals surface area (Å²) in [5, 5.41) is 15.1. The molecule has 0 aromatic carbocycles. The summed E-state index contributed by atoms with van der Waals surface area (Å²) >= 11 is 5.24. The van der Waals surface area contributed by atoms with Crippen molar-refractivity contribution in [3.8, 4) is 0 Å². The van der Waals surface area contributed by atoms with E-state index in [0.29, 0.717) is 6.04 Å². The highest BCUT2D eigenvalue weighted by Crippen LogP contribution is 2.24. The fourth-order valence-corrected chi connectivity index (χ4v) is 3.30. The second kappa shape index (κ2) is 4.75. The van der Waals surface area contributed by atoms with Crippen LogP contribution in [0.5, 0.6) is 0 Å². The molecule has 4 heteroatoms. The number of thiophene rings is 1. The lowest BCUT2D eigenvalue weighted by molar-refractivity contribution is 0.149. The summed E-state index contributed by atoms with van der Waals surface area (Å²) in [5.41, 5.74) is 0. The molecule has 1 aromatic heterocycles. The summed E-state index contributed by atoms with van der Waals surface area (Å²) in [6, 6.07) is 2.36. The number of halogens is 1. The van der Waals surface area contributed by atoms with Crippen LogP contribution in [0.25, 0.3) is 0 Å². The normalized spacial score (nSPS) is 27.0. The molecule has 1 fully saturated rings. The van der Waals surface area contributed by atoms with E-state index in [-0.39, 0.29) is 6.10 Å². The second-order valence-corrected chi connectivity index (χ2v) is 5.53. The monoisotopic (exact) mass is 275 g/mol. The SMILES string of the molecule is O[C@H]1CCC[C@@H]1NCc1sccc1Br. The van der Waals surface area contributed by atoms with Crippen molar-refractivity contribution in [2.45, 2.75) is 38.0 Å². The molecule has 1 heterocycles. The lowest BCUT2D eigenvalue weighted by atomic mass is 10.2. The maximum Gasteiger partial charge on any atom is 0.0693 e. The molecule has 0 unspecified atom stereocenters. The van der Waals surface area contributed by atoms with Gasteiger partial charge in [0.25, 0.3) is 0 Å². The molecule has 2 atom stereocenters. The fraction of sp³-hybridized carbons (Fsp3) is 0.600. The highest BCUT2D eigenvalue weighted by atomic mass is 79.9. The highest BCUT2D eigenvalue weighted by Gasteiger charge is 2.24. The van der Waals surface area contributed by atoms with Crippen LogP contribution in [0.3, 0.4) is 0 Å². The Morgan fingerprint density at radius 2 is 2.43 bits per heavy atom. The maximum absolute atomic E-state index is 9.62. The minimum atomic E-state index is -0.145. The van der Waals surface area contributed by atoms with Crippen molar-refractivity contribution < 1.29 is 5.11 Å². The van der Waals surface area contributed by atoms with E-state index in [0.717, 1.165) is 25.8 Å². The summed E-state index contributed by atoms with van der Waals surface area (Å²) in [6.45, 7) is 0.861. The van der Waals surface area contributed by atoms with Gasteiger partial charge in [-0.1, -0.05) is 0 Å². The van der Waals surface area contributed by atoms with Gasteiger partial charge < -0.3 is 10.4 Å². The molecule has 0 bridgehead atoms. The molecule has 78 valence electrons. The number of aliphatic hydroxyl groups excluding tert-OH is 1. The lowest BCUT2D eigenvalue weighted by Crippen LogP contribution is -2.34. The molecule has 1 saturated carbocycles. The summed E-state index contributed by atoms with van der Waals surface area (Å²) < 4.78 is 1.17. The van der Waals surface area contributed by atoms with Crippen LogP contribution in [-0.4, -0.2) is 17.3 Å². The largest absolute Gasteiger partial charge is 0.392 e. The maximum atomic E-state index is 9.62. The average Bonchev–Trinajstić information content (AvgIpc) is 2.72. The van der Waals surface area contributed by atoms with E-state index in [1.807, 2.05) is 0 Å². The summed E-state index contributed by atoms with van der Waals surface area (Å²) in [5.74, 6) is 0. The van der Waals surface area contributed by atoms with Gasteiger partial charge in [-0.2, -0.15) is 0 Å². The van der Waals surface area contributed by atoms with Gasteiger partial charge in [-0.25, -0.2) is 0 Å². The van der Waals surface area contributed by atoms with E-state index in [1.54, 1.807) is 11.3 Å². The van der Waals surface area contributed by atoms with Crippen LogP contribution < -0.4 is 5.32 Å². The van der Waals surface area contributed by atoms with Crippen molar-refractivity contribution in [2.24, 2.45) is 0 Å². The predicted octanol–water partition coefficient (Wildman–Crippen LogP) is 2.51. The minimum Gasteiger partial charge on any atom is -0.392 e. The summed E-state index contributed by atoms with van der Waals surface area (Å²) in [4.78, 5) is 1.31. The zero-order valence-corrected chi connectivity index (χ0v) is 10.3. The van der Waals surface area contributed by atoms with E-state index in [4.69, 9.17) is 0 Å². The Balaban J connectivity index is 1.85. The Morgan fingerprint density at radius 1 is 1.57 bits per heavy atom. The van der Waals surface area contributed by atoms with Gasteiger partial charge in [0.05, 0.1) is 6.10 Å². The molecule has 2 rings (SSSR count). The quantitative estimate of drug-likeness (QED) is 0.889. The molecule has 0 saturated heterocycles. The number of aliphatic hydroxyl groups is 1. The van der Waals surface area contributed by atoms with E-state index < -0.39 is 0 Å². The van der Waals surface area contributed by atoms with E-state index >= 15 is 0 Å². The molecule has 2 N–H and O–H groups in total. The Hall–Kier alpha value is 0.100. The van der Waals surface area contributed by atoms with Gasteiger partial charge in [0, 0.05) is 21.9 Å². The Labute approximate surface area is 96.5 Å². The summed E-state index contributed by atoms with van der Waals surface area (Å²) in [6.07, 6.45) is 3.05. The lowest BCUT2D eigenvalue weighted by Gasteiger charge is -2.15.